The van der Waals surface area contributed by atoms with Gasteiger partial charge in [0.05, 0.1) is 0 Å². The Morgan fingerprint density at radius 2 is 1.83 bits per heavy atom. The Kier molecular flexibility index (Phi) is 4.85. The van der Waals surface area contributed by atoms with E-state index in [-0.39, 0.29) is 18.9 Å². The van der Waals surface area contributed by atoms with Crippen molar-refractivity contribution in [1.29, 1.82) is 0 Å². The number of aliphatic carboxylic acids is 1. The summed E-state index contributed by atoms with van der Waals surface area (Å²) in [6.07, 6.45) is -0.00977. The van der Waals surface area contributed by atoms with Gasteiger partial charge in [-0.25, -0.2) is 0 Å². The SMILES string of the molecule is O=C([O-])[C@@H]1CC(=O)N(c2ccc(OCc3ccc(Br)cc3)cc2)C1. The van der Waals surface area contributed by atoms with Gasteiger partial charge in [0.15, 0.2) is 0 Å². The molecule has 24 heavy (non-hydrogen) atoms. The highest BCUT2D eigenvalue weighted by Gasteiger charge is 2.31. The van der Waals surface area contributed by atoms with Crippen molar-refractivity contribution in [3.8, 4) is 5.75 Å². The summed E-state index contributed by atoms with van der Waals surface area (Å²) in [6.45, 7) is 0.599. The third kappa shape index (κ3) is 3.76. The minimum atomic E-state index is -1.18. The molecule has 0 radical (unpaired) electrons. The molecule has 0 saturated carbocycles. The summed E-state index contributed by atoms with van der Waals surface area (Å²) >= 11 is 3.39. The topological polar surface area (TPSA) is 69.7 Å². The summed E-state index contributed by atoms with van der Waals surface area (Å²) in [5.74, 6) is -1.44. The molecular weight excluding hydrogens is 374 g/mol. The van der Waals surface area contributed by atoms with Crippen molar-refractivity contribution in [1.82, 2.24) is 0 Å². The predicted octanol–water partition coefficient (Wildman–Crippen LogP) is 2.13. The van der Waals surface area contributed by atoms with E-state index in [4.69, 9.17) is 4.74 Å². The summed E-state index contributed by atoms with van der Waals surface area (Å²) in [5, 5.41) is 10.9. The lowest BCUT2D eigenvalue weighted by atomic mass is 10.1. The number of nitrogens with zero attached hydrogens (tertiary/aromatic N) is 1. The van der Waals surface area contributed by atoms with E-state index in [1.165, 1.54) is 4.90 Å². The summed E-state index contributed by atoms with van der Waals surface area (Å²) in [4.78, 5) is 24.3. The highest BCUT2D eigenvalue weighted by molar-refractivity contribution is 9.10. The number of carboxylic acids is 1. The minimum Gasteiger partial charge on any atom is -0.550 e. The van der Waals surface area contributed by atoms with E-state index in [1.54, 1.807) is 24.3 Å². The molecule has 6 heteroatoms. The smallest absolute Gasteiger partial charge is 0.227 e. The van der Waals surface area contributed by atoms with Gasteiger partial charge in [0.1, 0.15) is 12.4 Å². The quantitative estimate of drug-likeness (QED) is 0.786. The average molecular weight is 389 g/mol. The summed E-state index contributed by atoms with van der Waals surface area (Å²) in [5.41, 5.74) is 1.72. The Morgan fingerprint density at radius 3 is 2.42 bits per heavy atom. The fraction of sp³-hybridized carbons (Fsp3) is 0.222. The molecule has 5 nitrogen and oxygen atoms in total. The van der Waals surface area contributed by atoms with Gasteiger partial charge in [-0.05, 0) is 42.0 Å². The van der Waals surface area contributed by atoms with Crippen molar-refractivity contribution < 1.29 is 19.4 Å². The number of amides is 1. The first-order valence-electron chi connectivity index (χ1n) is 7.51. The molecular formula is C18H15BrNO4-. The largest absolute Gasteiger partial charge is 0.550 e. The van der Waals surface area contributed by atoms with Crippen molar-refractivity contribution in [3.63, 3.8) is 0 Å². The van der Waals surface area contributed by atoms with Crippen LogP contribution in [0.1, 0.15) is 12.0 Å². The van der Waals surface area contributed by atoms with Crippen LogP contribution in [-0.4, -0.2) is 18.4 Å². The van der Waals surface area contributed by atoms with Crippen molar-refractivity contribution in [2.45, 2.75) is 13.0 Å². The number of hydrogen-bond acceptors (Lipinski definition) is 4. The molecule has 1 saturated heterocycles. The molecule has 0 unspecified atom stereocenters. The molecule has 3 rings (SSSR count). The van der Waals surface area contributed by atoms with Gasteiger partial charge >= 0.3 is 0 Å². The van der Waals surface area contributed by atoms with Crippen LogP contribution in [0.3, 0.4) is 0 Å². The van der Waals surface area contributed by atoms with Crippen molar-refractivity contribution in [2.24, 2.45) is 5.92 Å². The van der Waals surface area contributed by atoms with Crippen molar-refractivity contribution in [2.75, 3.05) is 11.4 Å². The Hall–Kier alpha value is -2.34. The number of hydrogen-bond donors (Lipinski definition) is 0. The molecule has 2 aromatic rings. The number of halogens is 1. The fourth-order valence-electron chi connectivity index (χ4n) is 2.58. The van der Waals surface area contributed by atoms with Crippen LogP contribution in [0.25, 0.3) is 0 Å². The van der Waals surface area contributed by atoms with Crippen LogP contribution in [0.15, 0.2) is 53.0 Å². The van der Waals surface area contributed by atoms with Crippen LogP contribution >= 0.6 is 15.9 Å². The van der Waals surface area contributed by atoms with Crippen LogP contribution in [0, 0.1) is 5.92 Å². The molecule has 0 spiro atoms. The molecule has 1 fully saturated rings. The van der Waals surface area contributed by atoms with Gasteiger partial charge in [0, 0.05) is 35.0 Å². The van der Waals surface area contributed by atoms with Gasteiger partial charge < -0.3 is 19.5 Å². The van der Waals surface area contributed by atoms with E-state index in [9.17, 15) is 14.7 Å². The molecule has 0 N–H and O–H groups in total. The first-order valence-corrected chi connectivity index (χ1v) is 8.31. The molecule has 124 valence electrons. The Balaban J connectivity index is 1.62. The van der Waals surface area contributed by atoms with Crippen LogP contribution in [0.4, 0.5) is 5.69 Å². The Bertz CT molecular complexity index is 743. The lowest BCUT2D eigenvalue weighted by Gasteiger charge is -2.17. The van der Waals surface area contributed by atoms with Gasteiger partial charge in [0.25, 0.3) is 0 Å². The summed E-state index contributed by atoms with van der Waals surface area (Å²) in [6, 6.07) is 14.9. The number of rotatable bonds is 5. The lowest BCUT2D eigenvalue weighted by molar-refractivity contribution is -0.310. The Labute approximate surface area is 148 Å². The van der Waals surface area contributed by atoms with Gasteiger partial charge in [0.2, 0.25) is 5.91 Å². The first kappa shape index (κ1) is 16.5. The standard InChI is InChI=1S/C18H16BrNO4/c19-14-3-1-12(2-4-14)11-24-16-7-5-15(6-8-16)20-10-13(18(22)23)9-17(20)21/h1-8,13H,9-11H2,(H,22,23)/p-1/t13-/m1/s1. The van der Waals surface area contributed by atoms with E-state index in [2.05, 4.69) is 15.9 Å². The van der Waals surface area contributed by atoms with Gasteiger partial charge in [-0.3, -0.25) is 4.79 Å². The molecule has 1 heterocycles. The second-order valence-electron chi connectivity index (χ2n) is 5.63. The van der Waals surface area contributed by atoms with E-state index in [0.717, 1.165) is 10.0 Å². The third-order valence-corrected chi connectivity index (χ3v) is 4.45. The van der Waals surface area contributed by atoms with Crippen molar-refractivity contribution in [3.05, 3.63) is 58.6 Å². The molecule has 0 aliphatic carbocycles. The van der Waals surface area contributed by atoms with Crippen LogP contribution in [-0.2, 0) is 16.2 Å². The Morgan fingerprint density at radius 1 is 1.17 bits per heavy atom. The van der Waals surface area contributed by atoms with Gasteiger partial charge in [-0.15, -0.1) is 0 Å². The zero-order valence-corrected chi connectivity index (χ0v) is 14.4. The molecule has 1 amide bonds. The minimum absolute atomic E-state index is 0.00977. The monoisotopic (exact) mass is 388 g/mol. The zero-order chi connectivity index (χ0) is 17.1. The maximum atomic E-state index is 11.9. The second-order valence-corrected chi connectivity index (χ2v) is 6.55. The number of anilines is 1. The van der Waals surface area contributed by atoms with Crippen LogP contribution < -0.4 is 14.7 Å². The predicted molar refractivity (Wildman–Crippen MR) is 90.4 cm³/mol. The van der Waals surface area contributed by atoms with E-state index in [1.807, 2.05) is 24.3 Å². The number of carboxylic acid groups (broad SMARTS) is 1. The molecule has 1 aliphatic rings. The molecule has 1 aliphatic heterocycles. The highest BCUT2D eigenvalue weighted by Crippen LogP contribution is 2.27. The maximum Gasteiger partial charge on any atom is 0.227 e. The highest BCUT2D eigenvalue weighted by atomic mass is 79.9. The second kappa shape index (κ2) is 7.05. The number of benzene rings is 2. The fourth-order valence-corrected chi connectivity index (χ4v) is 2.85. The van der Waals surface area contributed by atoms with E-state index < -0.39 is 11.9 Å². The molecule has 0 aromatic heterocycles. The van der Waals surface area contributed by atoms with E-state index in [0.29, 0.717) is 18.0 Å². The first-order chi connectivity index (χ1) is 11.5. The van der Waals surface area contributed by atoms with E-state index >= 15 is 0 Å². The number of carbonyl (C=O) groups excluding carboxylic acids is 2. The number of carbonyl (C=O) groups is 2. The lowest BCUT2D eigenvalue weighted by Crippen LogP contribution is -2.33. The third-order valence-electron chi connectivity index (χ3n) is 3.93. The number of ether oxygens (including phenoxy) is 1. The average Bonchev–Trinajstić information content (AvgIpc) is 2.97. The summed E-state index contributed by atoms with van der Waals surface area (Å²) in [7, 11) is 0. The van der Waals surface area contributed by atoms with Crippen LogP contribution in [0.5, 0.6) is 5.75 Å². The van der Waals surface area contributed by atoms with Crippen LogP contribution in [0.2, 0.25) is 0 Å². The maximum absolute atomic E-state index is 11.9. The zero-order valence-electron chi connectivity index (χ0n) is 12.8. The molecule has 1 atom stereocenters. The van der Waals surface area contributed by atoms with Crippen molar-refractivity contribution >= 4 is 33.5 Å². The molecule has 0 bridgehead atoms. The molecule has 2 aromatic carbocycles. The van der Waals surface area contributed by atoms with Gasteiger partial charge in [-0.2, -0.15) is 0 Å². The van der Waals surface area contributed by atoms with Gasteiger partial charge in [-0.1, -0.05) is 28.1 Å². The summed E-state index contributed by atoms with van der Waals surface area (Å²) < 4.78 is 6.73. The normalized spacial score (nSPS) is 17.1.